The lowest BCUT2D eigenvalue weighted by atomic mass is 10.1. The largest absolute Gasteiger partial charge is 0.491 e. The molecule has 0 amide bonds. The Morgan fingerprint density at radius 2 is 1.88 bits per heavy atom. The highest BCUT2D eigenvalue weighted by Crippen LogP contribution is 2.13. The predicted octanol–water partition coefficient (Wildman–Crippen LogP) is 3.23. The Balaban J connectivity index is 0.00000529. The molecule has 0 unspecified atom stereocenters. The van der Waals surface area contributed by atoms with Crippen molar-refractivity contribution in [2.24, 2.45) is 4.99 Å². The molecule has 0 aliphatic heterocycles. The highest BCUT2D eigenvalue weighted by molar-refractivity contribution is 14.0. The smallest absolute Gasteiger partial charge is 0.191 e. The molecule has 24 heavy (non-hydrogen) atoms. The van der Waals surface area contributed by atoms with Gasteiger partial charge in [-0.05, 0) is 51.3 Å². The molecular weight excluding hydrogens is 417 g/mol. The number of rotatable bonds is 10. The number of hydrogen-bond acceptors (Lipinski definition) is 3. The molecule has 5 nitrogen and oxygen atoms in total. The molecule has 0 fully saturated rings. The monoisotopic (exact) mass is 449 g/mol. The summed E-state index contributed by atoms with van der Waals surface area (Å²) in [5.74, 6) is 1.79. The number of nitrogens with one attached hydrogen (secondary N) is 2. The zero-order valence-corrected chi connectivity index (χ0v) is 17.6. The predicted molar refractivity (Wildman–Crippen MR) is 112 cm³/mol. The van der Waals surface area contributed by atoms with E-state index in [1.54, 1.807) is 7.11 Å². The van der Waals surface area contributed by atoms with Gasteiger partial charge in [0.1, 0.15) is 5.75 Å². The van der Waals surface area contributed by atoms with Crippen LogP contribution < -0.4 is 15.4 Å². The first-order chi connectivity index (χ1) is 11.2. The summed E-state index contributed by atoms with van der Waals surface area (Å²) in [4.78, 5) is 4.52. The van der Waals surface area contributed by atoms with Crippen molar-refractivity contribution in [1.29, 1.82) is 0 Å². The lowest BCUT2D eigenvalue weighted by molar-refractivity contribution is 0.197. The Hall–Kier alpha value is -1.02. The summed E-state index contributed by atoms with van der Waals surface area (Å²) >= 11 is 0. The van der Waals surface area contributed by atoms with Gasteiger partial charge in [-0.15, -0.1) is 24.0 Å². The van der Waals surface area contributed by atoms with Gasteiger partial charge in [0.15, 0.2) is 5.96 Å². The average Bonchev–Trinajstić information content (AvgIpc) is 2.52. The van der Waals surface area contributed by atoms with E-state index in [0.29, 0.717) is 0 Å². The van der Waals surface area contributed by atoms with E-state index in [1.807, 2.05) is 26.0 Å². The normalized spacial score (nSPS) is 11.1. The van der Waals surface area contributed by atoms with Crippen LogP contribution in [0.5, 0.6) is 5.75 Å². The minimum absolute atomic E-state index is 0. The molecule has 1 rings (SSSR count). The van der Waals surface area contributed by atoms with Crippen LogP contribution in [0.15, 0.2) is 29.3 Å². The summed E-state index contributed by atoms with van der Waals surface area (Å²) in [6, 6.07) is 8.28. The molecular formula is C18H32IN3O2. The van der Waals surface area contributed by atoms with Gasteiger partial charge in [0.05, 0.1) is 6.10 Å². The van der Waals surface area contributed by atoms with Crippen molar-refractivity contribution in [2.45, 2.75) is 39.7 Å². The maximum absolute atomic E-state index is 5.65. The number of halogens is 1. The van der Waals surface area contributed by atoms with Crippen LogP contribution in [0.4, 0.5) is 0 Å². The van der Waals surface area contributed by atoms with Crippen molar-refractivity contribution in [1.82, 2.24) is 10.6 Å². The Kier molecular flexibility index (Phi) is 13.7. The van der Waals surface area contributed by atoms with Crippen LogP contribution >= 0.6 is 24.0 Å². The molecule has 0 aliphatic carbocycles. The number of ether oxygens (including phenoxy) is 2. The molecule has 0 aromatic heterocycles. The van der Waals surface area contributed by atoms with E-state index >= 15 is 0 Å². The number of aliphatic imine (C=N–C) groups is 1. The second kappa shape index (κ2) is 14.3. The van der Waals surface area contributed by atoms with Gasteiger partial charge in [-0.2, -0.15) is 0 Å². The van der Waals surface area contributed by atoms with E-state index in [2.05, 4.69) is 34.7 Å². The van der Waals surface area contributed by atoms with Crippen LogP contribution in [0.3, 0.4) is 0 Å². The van der Waals surface area contributed by atoms with Gasteiger partial charge in [0, 0.05) is 33.4 Å². The van der Waals surface area contributed by atoms with Gasteiger partial charge in [0.2, 0.25) is 0 Å². The minimum Gasteiger partial charge on any atom is -0.491 e. The Labute approximate surface area is 163 Å². The van der Waals surface area contributed by atoms with E-state index in [4.69, 9.17) is 9.47 Å². The summed E-state index contributed by atoms with van der Waals surface area (Å²) in [5.41, 5.74) is 1.28. The van der Waals surface area contributed by atoms with Gasteiger partial charge < -0.3 is 20.1 Å². The summed E-state index contributed by atoms with van der Waals surface area (Å²) in [7, 11) is 1.71. The van der Waals surface area contributed by atoms with E-state index in [9.17, 15) is 0 Å². The molecule has 0 heterocycles. The van der Waals surface area contributed by atoms with Crippen molar-refractivity contribution in [3.63, 3.8) is 0 Å². The standard InChI is InChI=1S/C18H31N3O2.HI/c1-5-19-18(20-12-6-14-22-4)21-13-11-16-7-9-17(10-8-16)23-15(2)3;/h7-10,15H,5-6,11-14H2,1-4H3,(H2,19,20,21);1H. The molecule has 0 spiro atoms. The molecule has 2 N–H and O–H groups in total. The van der Waals surface area contributed by atoms with Crippen molar-refractivity contribution in [3.8, 4) is 5.75 Å². The number of nitrogens with zero attached hydrogens (tertiary/aromatic N) is 1. The highest BCUT2D eigenvalue weighted by atomic mass is 127. The number of hydrogen-bond donors (Lipinski definition) is 2. The fraction of sp³-hybridized carbons (Fsp3) is 0.611. The first kappa shape index (κ1) is 23.0. The highest BCUT2D eigenvalue weighted by Gasteiger charge is 2.00. The molecule has 0 saturated heterocycles. The number of benzene rings is 1. The molecule has 0 aliphatic rings. The summed E-state index contributed by atoms with van der Waals surface area (Å²) in [5, 5.41) is 6.61. The molecule has 0 bridgehead atoms. The summed E-state index contributed by atoms with van der Waals surface area (Å²) in [6.07, 6.45) is 2.09. The quantitative estimate of drug-likeness (QED) is 0.249. The summed E-state index contributed by atoms with van der Waals surface area (Å²) in [6.45, 7) is 9.36. The van der Waals surface area contributed by atoms with Crippen LogP contribution in [0, 0.1) is 0 Å². The fourth-order valence-electron chi connectivity index (χ4n) is 2.07. The molecule has 6 heteroatoms. The van der Waals surface area contributed by atoms with Crippen molar-refractivity contribution < 1.29 is 9.47 Å². The molecule has 1 aromatic rings. The SMILES string of the molecule is CCNC(=NCCCOC)NCCc1ccc(OC(C)C)cc1.I. The number of guanidine groups is 1. The molecule has 0 atom stereocenters. The van der Waals surface area contributed by atoms with E-state index in [1.165, 1.54) is 5.56 Å². The maximum Gasteiger partial charge on any atom is 0.191 e. The van der Waals surface area contributed by atoms with Crippen LogP contribution in [0.1, 0.15) is 32.8 Å². The lowest BCUT2D eigenvalue weighted by Gasteiger charge is -2.12. The van der Waals surface area contributed by atoms with Crippen molar-refractivity contribution in [2.75, 3.05) is 33.4 Å². The Morgan fingerprint density at radius 1 is 1.17 bits per heavy atom. The second-order valence-corrected chi connectivity index (χ2v) is 5.59. The molecule has 138 valence electrons. The first-order valence-corrected chi connectivity index (χ1v) is 8.42. The topological polar surface area (TPSA) is 54.9 Å². The zero-order valence-electron chi connectivity index (χ0n) is 15.3. The van der Waals surface area contributed by atoms with E-state index in [-0.39, 0.29) is 30.1 Å². The Bertz CT molecular complexity index is 450. The third-order valence-corrected chi connectivity index (χ3v) is 3.12. The van der Waals surface area contributed by atoms with Crippen LogP contribution in [-0.2, 0) is 11.2 Å². The molecule has 0 saturated carbocycles. The lowest BCUT2D eigenvalue weighted by Crippen LogP contribution is -2.38. The molecule has 1 aromatic carbocycles. The molecule has 0 radical (unpaired) electrons. The van der Waals surface area contributed by atoms with Gasteiger partial charge >= 0.3 is 0 Å². The van der Waals surface area contributed by atoms with Crippen LogP contribution in [0.25, 0.3) is 0 Å². The van der Waals surface area contributed by atoms with Gasteiger partial charge in [0.25, 0.3) is 0 Å². The van der Waals surface area contributed by atoms with Gasteiger partial charge in [-0.3, -0.25) is 4.99 Å². The third-order valence-electron chi connectivity index (χ3n) is 3.12. The van der Waals surface area contributed by atoms with Crippen LogP contribution in [-0.4, -0.2) is 45.4 Å². The average molecular weight is 449 g/mol. The van der Waals surface area contributed by atoms with Gasteiger partial charge in [-0.1, -0.05) is 12.1 Å². The Morgan fingerprint density at radius 3 is 2.46 bits per heavy atom. The van der Waals surface area contributed by atoms with Gasteiger partial charge in [-0.25, -0.2) is 0 Å². The van der Waals surface area contributed by atoms with Crippen LogP contribution in [0.2, 0.25) is 0 Å². The number of methoxy groups -OCH3 is 1. The maximum atomic E-state index is 5.65. The third kappa shape index (κ3) is 10.7. The second-order valence-electron chi connectivity index (χ2n) is 5.59. The van der Waals surface area contributed by atoms with Crippen molar-refractivity contribution in [3.05, 3.63) is 29.8 Å². The zero-order chi connectivity index (χ0) is 16.9. The fourth-order valence-corrected chi connectivity index (χ4v) is 2.07. The first-order valence-electron chi connectivity index (χ1n) is 8.42. The minimum atomic E-state index is 0. The van der Waals surface area contributed by atoms with E-state index in [0.717, 1.165) is 50.8 Å². The van der Waals surface area contributed by atoms with Crippen molar-refractivity contribution >= 4 is 29.9 Å². The summed E-state index contributed by atoms with van der Waals surface area (Å²) < 4.78 is 10.7. The van der Waals surface area contributed by atoms with E-state index < -0.39 is 0 Å².